The highest BCUT2D eigenvalue weighted by Gasteiger charge is 2.51. The van der Waals surface area contributed by atoms with Gasteiger partial charge in [0.15, 0.2) is 36.7 Å². The van der Waals surface area contributed by atoms with Crippen LogP contribution in [-0.2, 0) is 52.2 Å². The van der Waals surface area contributed by atoms with Crippen LogP contribution >= 0.6 is 0 Å². The van der Waals surface area contributed by atoms with Gasteiger partial charge in [-0.3, -0.25) is 14.4 Å². The van der Waals surface area contributed by atoms with Crippen LogP contribution in [0.1, 0.15) is 139 Å². The zero-order valence-corrected chi connectivity index (χ0v) is 53.2. The molecule has 1 aromatic rings. The zero-order valence-electron chi connectivity index (χ0n) is 53.2. The third-order valence-electron chi connectivity index (χ3n) is 19.0. The molecule has 29 nitrogen and oxygen atoms in total. The molecule has 15 N–H and O–H groups in total. The van der Waals surface area contributed by atoms with Crippen LogP contribution in [0.15, 0.2) is 18.2 Å². The Bertz CT molecular complexity index is 2250. The number of carbonyl (C=O) groups is 3. The summed E-state index contributed by atoms with van der Waals surface area (Å²) in [6, 6.07) is 4.33. The Morgan fingerprint density at radius 1 is 0.435 bits per heavy atom. The van der Waals surface area contributed by atoms with Gasteiger partial charge < -0.3 is 129 Å². The molecule has 6 fully saturated rings. The van der Waals surface area contributed by atoms with Gasteiger partial charge in [0.25, 0.3) is 0 Å². The number of nitrogens with one attached hydrogen (secondary N) is 1. The Labute approximate surface area is 536 Å². The molecule has 6 aliphatic rings. The number of hydrogen-bond acceptors (Lipinski definition) is 28. The highest BCUT2D eigenvalue weighted by molar-refractivity contribution is 6.02. The van der Waals surface area contributed by atoms with E-state index in [1.807, 2.05) is 27.7 Å². The minimum atomic E-state index is -1.73. The second-order valence-corrected chi connectivity index (χ2v) is 25.9. The quantitative estimate of drug-likeness (QED) is 0.0267. The fraction of sp³-hybridized carbons (Fsp3) is 0.857. The zero-order chi connectivity index (χ0) is 67.1. The molecular formula is C63H103NO28. The summed E-state index contributed by atoms with van der Waals surface area (Å²) in [7, 11) is 0. The van der Waals surface area contributed by atoms with Crippen molar-refractivity contribution in [2.75, 3.05) is 52.8 Å². The average Bonchev–Trinajstić information content (AvgIpc) is 0.884. The van der Waals surface area contributed by atoms with Gasteiger partial charge in [-0.05, 0) is 86.8 Å². The largest absolute Gasteiger partial charge is 0.492 e. The molecule has 528 valence electrons. The lowest BCUT2D eigenvalue weighted by molar-refractivity contribution is -0.327. The maximum atomic E-state index is 13.9. The third kappa shape index (κ3) is 20.2. The van der Waals surface area contributed by atoms with E-state index in [9.17, 15) is 85.9 Å². The minimum absolute atomic E-state index is 0.00519. The van der Waals surface area contributed by atoms with Gasteiger partial charge in [-0.15, -0.1) is 0 Å². The Hall–Kier alpha value is -3.13. The molecule has 1 amide bonds. The van der Waals surface area contributed by atoms with Gasteiger partial charge in [0.2, 0.25) is 5.91 Å². The molecular weight excluding hydrogens is 1220 g/mol. The number of hydrogen-bond donors (Lipinski definition) is 15. The smallest absolute Gasteiger partial charge is 0.220 e. The number of aliphatic hydroxyl groups is 14. The molecule has 12 unspecified atom stereocenters. The average molecular weight is 1320 g/mol. The highest BCUT2D eigenvalue weighted by atomic mass is 16.7. The van der Waals surface area contributed by atoms with Crippen LogP contribution in [0.2, 0.25) is 0 Å². The summed E-state index contributed by atoms with van der Waals surface area (Å²) in [6.07, 6.45) is -27.7. The normalized spacial score (nSPS) is 40.2. The monoisotopic (exact) mass is 1320 g/mol. The van der Waals surface area contributed by atoms with Gasteiger partial charge in [-0.25, -0.2) is 0 Å². The van der Waals surface area contributed by atoms with Gasteiger partial charge in [0.1, 0.15) is 110 Å². The molecule has 7 rings (SSSR count). The number of unbranched alkanes of at least 4 members (excludes halogenated alkanes) is 3. The summed E-state index contributed by atoms with van der Waals surface area (Å²) in [5, 5.41) is 151. The first kappa shape index (κ1) is 76.2. The van der Waals surface area contributed by atoms with E-state index < -0.39 is 172 Å². The predicted octanol–water partition coefficient (Wildman–Crippen LogP) is -2.00. The van der Waals surface area contributed by atoms with E-state index in [-0.39, 0.29) is 112 Å². The number of Topliss-reactive ketones (excluding diaryl/α,β-unsaturated/α-hetero) is 2. The first-order valence-electron chi connectivity index (χ1n) is 32.7. The van der Waals surface area contributed by atoms with E-state index in [0.29, 0.717) is 32.1 Å². The number of benzene rings is 1. The van der Waals surface area contributed by atoms with Crippen molar-refractivity contribution in [3.05, 3.63) is 29.3 Å². The number of aliphatic hydroxyl groups excluding tert-OH is 14. The van der Waals surface area contributed by atoms with Crippen molar-refractivity contribution in [2.45, 2.75) is 265 Å². The van der Waals surface area contributed by atoms with Crippen molar-refractivity contribution in [3.8, 4) is 5.75 Å². The van der Waals surface area contributed by atoms with E-state index in [4.69, 9.17) is 52.1 Å². The van der Waals surface area contributed by atoms with E-state index in [0.717, 1.165) is 25.7 Å². The Balaban J connectivity index is 0.924. The van der Waals surface area contributed by atoms with Crippen LogP contribution in [0.5, 0.6) is 5.75 Å². The van der Waals surface area contributed by atoms with Crippen LogP contribution in [0.25, 0.3) is 0 Å². The molecule has 2 aliphatic carbocycles. The van der Waals surface area contributed by atoms with Crippen molar-refractivity contribution in [1.82, 2.24) is 5.32 Å². The van der Waals surface area contributed by atoms with E-state index in [1.165, 1.54) is 18.2 Å². The molecule has 0 aromatic heterocycles. The topological polar surface area (TPSA) is 448 Å². The Morgan fingerprint density at radius 3 is 1.22 bits per heavy atom. The van der Waals surface area contributed by atoms with Crippen LogP contribution in [-0.4, -0.2) is 289 Å². The number of ketones is 2. The molecule has 0 spiro atoms. The fourth-order valence-corrected chi connectivity index (χ4v) is 12.5. The van der Waals surface area contributed by atoms with Crippen molar-refractivity contribution in [1.29, 1.82) is 0 Å². The summed E-state index contributed by atoms with van der Waals surface area (Å²) < 4.78 is 65.4. The van der Waals surface area contributed by atoms with Gasteiger partial charge >= 0.3 is 0 Å². The van der Waals surface area contributed by atoms with Gasteiger partial charge in [0, 0.05) is 30.4 Å². The number of carbonyl (C=O) groups excluding carboxylic acids is 3. The van der Waals surface area contributed by atoms with Crippen LogP contribution in [0.3, 0.4) is 0 Å². The van der Waals surface area contributed by atoms with Crippen molar-refractivity contribution in [2.24, 2.45) is 23.7 Å². The summed E-state index contributed by atoms with van der Waals surface area (Å²) in [5.74, 6) is -0.316. The molecule has 0 radical (unpaired) electrons. The first-order valence-corrected chi connectivity index (χ1v) is 32.7. The third-order valence-corrected chi connectivity index (χ3v) is 19.0. The molecule has 2 saturated carbocycles. The number of rotatable bonds is 33. The summed E-state index contributed by atoms with van der Waals surface area (Å²) in [5.41, 5.74) is 0.214. The second kappa shape index (κ2) is 36.5. The lowest BCUT2D eigenvalue weighted by Gasteiger charge is -2.45. The summed E-state index contributed by atoms with van der Waals surface area (Å²) >= 11 is 0. The highest BCUT2D eigenvalue weighted by Crippen LogP contribution is 2.39. The van der Waals surface area contributed by atoms with Gasteiger partial charge in [-0.1, -0.05) is 53.9 Å². The predicted molar refractivity (Wildman–Crippen MR) is 318 cm³/mol. The standard InChI is InChI=1S/C63H103NO28/c1-6-7-8-9-14-47(69)64-15-18-82-36-24-34(37(67)12-10-16-83-60-56(78)54(76)50(72)45(91-60)28-85-39-19-30(2)32(4)21-41(39)87-62-58(80)52(74)48(70)43(26-65)89-62)23-35(25-36)38(68)13-11-17-84-61-57(79)55(77)51(73)46(92-61)29-86-40-20-31(3)33(5)22-42(40)88-63-59(81)53(75)49(71)44(27-66)90-63/h23-25,30-33,39-46,48-63,65-66,70-81H,6-22,26-29H2,1-5H3,(H,64,69)/t30?,31?,32-,33-,39-,40-,41?,42?,43?,44?,45?,46?,48+,49+,50+,51+,52-,53-,54-,55-,56?,57?,58?,59?,60-,61-,62-,63+/m0/s1. The molecule has 4 heterocycles. The van der Waals surface area contributed by atoms with Crippen molar-refractivity contribution < 1.29 is 138 Å². The first-order chi connectivity index (χ1) is 43.8. The molecule has 4 saturated heterocycles. The lowest BCUT2D eigenvalue weighted by atomic mass is 9.78. The Morgan fingerprint density at radius 2 is 0.815 bits per heavy atom. The molecule has 0 bridgehead atoms. The number of amides is 1. The van der Waals surface area contributed by atoms with Crippen molar-refractivity contribution in [3.63, 3.8) is 0 Å². The molecule has 28 atom stereocenters. The van der Waals surface area contributed by atoms with Crippen LogP contribution < -0.4 is 10.1 Å². The van der Waals surface area contributed by atoms with Gasteiger partial charge in [-0.2, -0.15) is 0 Å². The lowest BCUT2D eigenvalue weighted by Crippen LogP contribution is -2.61. The summed E-state index contributed by atoms with van der Waals surface area (Å²) in [6.45, 7) is 7.99. The van der Waals surface area contributed by atoms with E-state index in [2.05, 4.69) is 12.2 Å². The molecule has 1 aromatic carbocycles. The van der Waals surface area contributed by atoms with Crippen molar-refractivity contribution >= 4 is 17.5 Å². The minimum Gasteiger partial charge on any atom is -0.492 e. The Kier molecular flexibility index (Phi) is 30.2. The van der Waals surface area contributed by atoms with E-state index in [1.54, 1.807) is 0 Å². The maximum Gasteiger partial charge on any atom is 0.220 e. The second-order valence-electron chi connectivity index (χ2n) is 25.9. The van der Waals surface area contributed by atoms with Crippen LogP contribution in [0, 0.1) is 23.7 Å². The van der Waals surface area contributed by atoms with E-state index >= 15 is 0 Å². The van der Waals surface area contributed by atoms with Gasteiger partial charge in [0.05, 0.1) is 70.6 Å². The molecule has 92 heavy (non-hydrogen) atoms. The fourth-order valence-electron chi connectivity index (χ4n) is 12.5. The SMILES string of the molecule is CCCCCCC(=O)NCCOc1cc(C(=O)CCCO[C@H]2OC(CO[C@H]3CC(C)[C@@H](C)CC3O[C@@H]3OC(CO)[C@@H](O)[C@H](O)C3O)[C@@H](O)[C@H](O)C2O)cc(C(=O)CCCO[C@H]2OC(CO[C@H]3CC(C)[C@@H](C)CC3O[C@H]3OC(CO)[C@@H](O)[C@H](O)C3O)[C@@H](O)[C@H](O)C2O)c1. The molecule has 29 heteroatoms. The number of ether oxygens (including phenoxy) is 11. The maximum absolute atomic E-state index is 13.9. The van der Waals surface area contributed by atoms with Crippen LogP contribution in [0.4, 0.5) is 0 Å². The molecule has 4 aliphatic heterocycles. The summed E-state index contributed by atoms with van der Waals surface area (Å²) in [4.78, 5) is 40.3.